The van der Waals surface area contributed by atoms with Gasteiger partial charge in [-0.1, -0.05) is 11.8 Å². The van der Waals surface area contributed by atoms with Crippen molar-refractivity contribution in [2.24, 2.45) is 16.1 Å². The molecular formula is C7H16N4. The Kier molecular flexibility index (Phi) is 5.37. The molecular weight excluding hydrogens is 140 g/mol. The van der Waals surface area contributed by atoms with Gasteiger partial charge in [0.1, 0.15) is 0 Å². The van der Waals surface area contributed by atoms with E-state index in [9.17, 15) is 0 Å². The molecule has 0 aliphatic rings. The smallest absolute Gasteiger partial charge is 0.0588 e. The molecule has 0 heterocycles. The summed E-state index contributed by atoms with van der Waals surface area (Å²) < 4.78 is 0. The Morgan fingerprint density at radius 1 is 1.64 bits per heavy atom. The minimum absolute atomic E-state index is 0.577. The highest BCUT2D eigenvalue weighted by Gasteiger charge is 1.89. The predicted octanol–water partition coefficient (Wildman–Crippen LogP) is 1.17. The Balaban J connectivity index is 3.63. The first-order valence-corrected chi connectivity index (χ1v) is 3.71. The number of nitrogens with zero attached hydrogens (tertiary/aromatic N) is 3. The number of hydrogen-bond acceptors (Lipinski definition) is 3. The van der Waals surface area contributed by atoms with Crippen molar-refractivity contribution in [2.45, 2.75) is 13.3 Å². The summed E-state index contributed by atoms with van der Waals surface area (Å²) in [6.45, 7) is 7.11. The third kappa shape index (κ3) is 5.54. The van der Waals surface area contributed by atoms with Crippen LogP contribution in [0.3, 0.4) is 0 Å². The maximum absolute atomic E-state index is 5.29. The zero-order valence-corrected chi connectivity index (χ0v) is 7.25. The first kappa shape index (κ1) is 10.1. The molecule has 0 rings (SSSR count). The highest BCUT2D eigenvalue weighted by molar-refractivity contribution is 4.89. The third-order valence-electron chi connectivity index (χ3n) is 1.23. The van der Waals surface area contributed by atoms with E-state index in [1.165, 1.54) is 0 Å². The summed E-state index contributed by atoms with van der Waals surface area (Å²) in [6.07, 6.45) is 0.709. The quantitative estimate of drug-likeness (QED) is 0.480. The van der Waals surface area contributed by atoms with E-state index in [2.05, 4.69) is 16.9 Å². The van der Waals surface area contributed by atoms with Crippen molar-refractivity contribution in [3.05, 3.63) is 12.3 Å². The first-order valence-electron chi connectivity index (χ1n) is 3.71. The summed E-state index contributed by atoms with van der Waals surface area (Å²) in [4.78, 5) is 0. The van der Waals surface area contributed by atoms with Crippen LogP contribution in [0.5, 0.6) is 0 Å². The van der Waals surface area contributed by atoms with Gasteiger partial charge in [-0.25, -0.2) is 0 Å². The van der Waals surface area contributed by atoms with E-state index in [-0.39, 0.29) is 0 Å². The van der Waals surface area contributed by atoms with Gasteiger partial charge in [-0.2, -0.15) is 0 Å². The predicted molar refractivity (Wildman–Crippen MR) is 46.0 cm³/mol. The lowest BCUT2D eigenvalue weighted by atomic mass is 10.4. The van der Waals surface area contributed by atoms with Crippen molar-refractivity contribution in [1.82, 2.24) is 5.01 Å². The van der Waals surface area contributed by atoms with Gasteiger partial charge >= 0.3 is 0 Å². The molecule has 4 heteroatoms. The molecule has 4 nitrogen and oxygen atoms in total. The molecule has 11 heavy (non-hydrogen) atoms. The van der Waals surface area contributed by atoms with Crippen molar-refractivity contribution < 1.29 is 0 Å². The molecule has 0 fully saturated rings. The second-order valence-electron chi connectivity index (χ2n) is 2.27. The van der Waals surface area contributed by atoms with Crippen LogP contribution in [0.25, 0.3) is 0 Å². The second-order valence-corrected chi connectivity index (χ2v) is 2.27. The fraction of sp³-hybridized carbons (Fsp3) is 0.714. The van der Waals surface area contributed by atoms with E-state index >= 15 is 0 Å². The number of nitrogens with two attached hydrogens (primary N) is 1. The van der Waals surface area contributed by atoms with Gasteiger partial charge in [-0.05, 0) is 13.5 Å². The Morgan fingerprint density at radius 2 is 2.27 bits per heavy atom. The van der Waals surface area contributed by atoms with E-state index in [0.29, 0.717) is 13.0 Å². The summed E-state index contributed by atoms with van der Waals surface area (Å²) in [5.41, 5.74) is 6.02. The highest BCUT2D eigenvalue weighted by atomic mass is 15.5. The van der Waals surface area contributed by atoms with Gasteiger partial charge in [0.05, 0.1) is 5.70 Å². The van der Waals surface area contributed by atoms with Crippen molar-refractivity contribution in [1.29, 1.82) is 0 Å². The van der Waals surface area contributed by atoms with Crippen molar-refractivity contribution in [3.63, 3.8) is 0 Å². The van der Waals surface area contributed by atoms with Crippen LogP contribution >= 0.6 is 0 Å². The Labute approximate surface area is 67.8 Å². The lowest BCUT2D eigenvalue weighted by molar-refractivity contribution is 0.348. The van der Waals surface area contributed by atoms with Gasteiger partial charge in [0.2, 0.25) is 0 Å². The SMILES string of the molecule is C=C(CCN)N=NN(C)CC. The topological polar surface area (TPSA) is 54.0 Å². The average molecular weight is 156 g/mol. The molecule has 0 saturated heterocycles. The number of rotatable bonds is 5. The van der Waals surface area contributed by atoms with Crippen LogP contribution in [-0.2, 0) is 0 Å². The standard InChI is InChI=1S/C7H16N4/c1-4-11(3)10-9-7(2)5-6-8/h2,4-6,8H2,1,3H3. The van der Waals surface area contributed by atoms with Crippen molar-refractivity contribution in [3.8, 4) is 0 Å². The van der Waals surface area contributed by atoms with Crippen LogP contribution in [0.1, 0.15) is 13.3 Å². The van der Waals surface area contributed by atoms with Crippen molar-refractivity contribution >= 4 is 0 Å². The second kappa shape index (κ2) is 5.85. The molecule has 0 aromatic heterocycles. The zero-order valence-electron chi connectivity index (χ0n) is 7.25. The maximum Gasteiger partial charge on any atom is 0.0588 e. The van der Waals surface area contributed by atoms with Crippen LogP contribution in [0.2, 0.25) is 0 Å². The molecule has 0 atom stereocenters. The molecule has 0 aliphatic carbocycles. The average Bonchev–Trinajstić information content (AvgIpc) is 2.01. The van der Waals surface area contributed by atoms with Crippen LogP contribution in [-0.4, -0.2) is 25.1 Å². The van der Waals surface area contributed by atoms with E-state index in [0.717, 1.165) is 12.2 Å². The van der Waals surface area contributed by atoms with Crippen LogP contribution in [0, 0.1) is 0 Å². The molecule has 0 amide bonds. The molecule has 2 N–H and O–H groups in total. The lowest BCUT2D eigenvalue weighted by Gasteiger charge is -2.05. The van der Waals surface area contributed by atoms with Crippen molar-refractivity contribution in [2.75, 3.05) is 20.1 Å². The molecule has 0 saturated carbocycles. The van der Waals surface area contributed by atoms with E-state index in [1.54, 1.807) is 5.01 Å². The third-order valence-corrected chi connectivity index (χ3v) is 1.23. The monoisotopic (exact) mass is 156 g/mol. The molecule has 0 unspecified atom stereocenters. The minimum atomic E-state index is 0.577. The Bertz CT molecular complexity index is 141. The van der Waals surface area contributed by atoms with Gasteiger partial charge in [0.25, 0.3) is 0 Å². The van der Waals surface area contributed by atoms with Crippen LogP contribution < -0.4 is 5.73 Å². The molecule has 0 aromatic carbocycles. The molecule has 0 radical (unpaired) electrons. The summed E-state index contributed by atoms with van der Waals surface area (Å²) in [5.74, 6) is 0. The molecule has 64 valence electrons. The minimum Gasteiger partial charge on any atom is -0.330 e. The van der Waals surface area contributed by atoms with Gasteiger partial charge in [0.15, 0.2) is 0 Å². The van der Waals surface area contributed by atoms with Gasteiger partial charge in [0, 0.05) is 20.0 Å². The molecule has 0 bridgehead atoms. The maximum atomic E-state index is 5.29. The Morgan fingerprint density at radius 3 is 2.73 bits per heavy atom. The molecule has 0 aliphatic heterocycles. The Hall–Kier alpha value is -0.900. The normalized spacial score (nSPS) is 10.5. The number of hydrogen-bond donors (Lipinski definition) is 1. The summed E-state index contributed by atoms with van der Waals surface area (Å²) in [6, 6.07) is 0. The first-order chi connectivity index (χ1) is 5.20. The van der Waals surface area contributed by atoms with E-state index in [4.69, 9.17) is 5.73 Å². The van der Waals surface area contributed by atoms with E-state index in [1.807, 2.05) is 14.0 Å². The fourth-order valence-corrected chi connectivity index (χ4v) is 0.419. The molecule has 0 spiro atoms. The fourth-order valence-electron chi connectivity index (χ4n) is 0.419. The summed E-state index contributed by atoms with van der Waals surface area (Å²) in [5, 5.41) is 9.46. The van der Waals surface area contributed by atoms with E-state index < -0.39 is 0 Å². The van der Waals surface area contributed by atoms with Gasteiger partial charge in [-0.3, -0.25) is 5.01 Å². The summed E-state index contributed by atoms with van der Waals surface area (Å²) >= 11 is 0. The van der Waals surface area contributed by atoms with Crippen LogP contribution in [0.15, 0.2) is 22.6 Å². The lowest BCUT2D eigenvalue weighted by Crippen LogP contribution is -2.08. The van der Waals surface area contributed by atoms with Gasteiger partial charge in [-0.15, -0.1) is 5.11 Å². The largest absolute Gasteiger partial charge is 0.330 e. The van der Waals surface area contributed by atoms with Crippen LogP contribution in [0.4, 0.5) is 0 Å². The summed E-state index contributed by atoms with van der Waals surface area (Å²) in [7, 11) is 1.86. The van der Waals surface area contributed by atoms with Gasteiger partial charge < -0.3 is 5.73 Å². The molecule has 0 aromatic rings. The zero-order chi connectivity index (χ0) is 8.69. The highest BCUT2D eigenvalue weighted by Crippen LogP contribution is 1.98.